The number of nitrogens with zero attached hydrogens (tertiary/aromatic N) is 1. The Balaban J connectivity index is 1.89. The maximum atomic E-state index is 5.72. The molecule has 0 saturated carbocycles. The first-order valence-electron chi connectivity index (χ1n) is 6.82. The lowest BCUT2D eigenvalue weighted by Gasteiger charge is -2.14. The van der Waals surface area contributed by atoms with Gasteiger partial charge in [0.25, 0.3) is 0 Å². The zero-order chi connectivity index (χ0) is 14.7. The second-order valence-electron chi connectivity index (χ2n) is 4.87. The van der Waals surface area contributed by atoms with Crippen molar-refractivity contribution in [1.29, 1.82) is 0 Å². The topological polar surface area (TPSA) is 50.9 Å². The Morgan fingerprint density at radius 3 is 2.24 bits per heavy atom. The minimum Gasteiger partial charge on any atom is -0.271 e. The van der Waals surface area contributed by atoms with Gasteiger partial charge in [0.1, 0.15) is 0 Å². The first kappa shape index (κ1) is 13.9. The average Bonchev–Trinajstić information content (AvgIpc) is 2.96. The van der Waals surface area contributed by atoms with Gasteiger partial charge in [0, 0.05) is 11.1 Å². The standard InChI is InChI=1S/C17H17N3S/c1-12-19-11-16(21-12)17(20-18)15-9-7-14(8-10-15)13-5-3-2-4-6-13/h2-11,17,20H,18H2,1H3. The molecular weight excluding hydrogens is 278 g/mol. The molecule has 1 unspecified atom stereocenters. The highest BCUT2D eigenvalue weighted by Gasteiger charge is 2.14. The molecule has 0 aliphatic rings. The van der Waals surface area contributed by atoms with Crippen molar-refractivity contribution in [1.82, 2.24) is 10.4 Å². The van der Waals surface area contributed by atoms with Crippen molar-refractivity contribution in [2.75, 3.05) is 0 Å². The molecule has 4 heteroatoms. The molecule has 0 aliphatic carbocycles. The lowest BCUT2D eigenvalue weighted by atomic mass is 10.0. The first-order valence-corrected chi connectivity index (χ1v) is 7.63. The van der Waals surface area contributed by atoms with E-state index in [1.807, 2.05) is 31.3 Å². The van der Waals surface area contributed by atoms with E-state index in [1.165, 1.54) is 11.1 Å². The van der Waals surface area contributed by atoms with Crippen LogP contribution in [0.25, 0.3) is 11.1 Å². The van der Waals surface area contributed by atoms with Crippen LogP contribution in [0.4, 0.5) is 0 Å². The molecule has 0 saturated heterocycles. The molecular formula is C17H17N3S. The molecule has 21 heavy (non-hydrogen) atoms. The zero-order valence-corrected chi connectivity index (χ0v) is 12.6. The van der Waals surface area contributed by atoms with Gasteiger partial charge in [-0.1, -0.05) is 54.6 Å². The molecule has 0 bridgehead atoms. The number of nitrogens with two attached hydrogens (primary N) is 1. The number of hydrogen-bond donors (Lipinski definition) is 2. The van der Waals surface area contributed by atoms with Gasteiger partial charge in [0.2, 0.25) is 0 Å². The van der Waals surface area contributed by atoms with Gasteiger partial charge in [-0.2, -0.15) is 0 Å². The molecule has 1 aromatic heterocycles. The smallest absolute Gasteiger partial charge is 0.0897 e. The number of hydrogen-bond acceptors (Lipinski definition) is 4. The van der Waals surface area contributed by atoms with Crippen LogP contribution in [0.2, 0.25) is 0 Å². The summed E-state index contributed by atoms with van der Waals surface area (Å²) in [6.45, 7) is 2.00. The van der Waals surface area contributed by atoms with E-state index in [9.17, 15) is 0 Å². The summed E-state index contributed by atoms with van der Waals surface area (Å²) >= 11 is 1.66. The van der Waals surface area contributed by atoms with Gasteiger partial charge < -0.3 is 0 Å². The molecule has 3 aromatic rings. The normalized spacial score (nSPS) is 12.3. The predicted molar refractivity (Wildman–Crippen MR) is 87.9 cm³/mol. The number of benzene rings is 2. The SMILES string of the molecule is Cc1ncc(C(NN)c2ccc(-c3ccccc3)cc2)s1. The van der Waals surface area contributed by atoms with Crippen LogP contribution < -0.4 is 11.3 Å². The van der Waals surface area contributed by atoms with Crippen molar-refractivity contribution in [2.45, 2.75) is 13.0 Å². The lowest BCUT2D eigenvalue weighted by Crippen LogP contribution is -2.28. The number of thiazole rings is 1. The fourth-order valence-corrected chi connectivity index (χ4v) is 3.23. The fraction of sp³-hybridized carbons (Fsp3) is 0.118. The molecule has 1 heterocycles. The average molecular weight is 295 g/mol. The number of hydrazine groups is 1. The van der Waals surface area contributed by atoms with Crippen LogP contribution in [0, 0.1) is 6.92 Å². The van der Waals surface area contributed by atoms with Crippen molar-refractivity contribution in [3.8, 4) is 11.1 Å². The van der Waals surface area contributed by atoms with Crippen molar-refractivity contribution >= 4 is 11.3 Å². The molecule has 0 radical (unpaired) electrons. The lowest BCUT2D eigenvalue weighted by molar-refractivity contribution is 0.645. The predicted octanol–water partition coefficient (Wildman–Crippen LogP) is 3.67. The molecule has 3 nitrogen and oxygen atoms in total. The monoisotopic (exact) mass is 295 g/mol. The highest BCUT2D eigenvalue weighted by molar-refractivity contribution is 7.11. The van der Waals surface area contributed by atoms with Gasteiger partial charge >= 0.3 is 0 Å². The Bertz CT molecular complexity index is 704. The second kappa shape index (κ2) is 6.18. The quantitative estimate of drug-likeness (QED) is 0.570. The van der Waals surface area contributed by atoms with Crippen LogP contribution in [0.5, 0.6) is 0 Å². The molecule has 0 aliphatic heterocycles. The Hall–Kier alpha value is -2.01. The van der Waals surface area contributed by atoms with E-state index in [0.717, 1.165) is 15.4 Å². The van der Waals surface area contributed by atoms with Gasteiger partial charge in [-0.05, 0) is 23.6 Å². The van der Waals surface area contributed by atoms with E-state index in [-0.39, 0.29) is 6.04 Å². The molecule has 3 rings (SSSR count). The second-order valence-corrected chi connectivity index (χ2v) is 6.14. The summed E-state index contributed by atoms with van der Waals surface area (Å²) in [5.41, 5.74) is 6.44. The van der Waals surface area contributed by atoms with Crippen LogP contribution >= 0.6 is 11.3 Å². The van der Waals surface area contributed by atoms with Gasteiger partial charge in [0.15, 0.2) is 0 Å². The molecule has 3 N–H and O–H groups in total. The summed E-state index contributed by atoms with van der Waals surface area (Å²) in [5, 5.41) is 1.05. The molecule has 2 aromatic carbocycles. The van der Waals surface area contributed by atoms with E-state index in [4.69, 9.17) is 5.84 Å². The van der Waals surface area contributed by atoms with Gasteiger partial charge in [-0.3, -0.25) is 5.84 Å². The van der Waals surface area contributed by atoms with Crippen LogP contribution in [0.1, 0.15) is 21.5 Å². The van der Waals surface area contributed by atoms with E-state index in [1.54, 1.807) is 11.3 Å². The van der Waals surface area contributed by atoms with Crippen LogP contribution in [0.3, 0.4) is 0 Å². The van der Waals surface area contributed by atoms with Crippen molar-refractivity contribution < 1.29 is 0 Å². The van der Waals surface area contributed by atoms with E-state index < -0.39 is 0 Å². The highest BCUT2D eigenvalue weighted by Crippen LogP contribution is 2.28. The van der Waals surface area contributed by atoms with Crippen molar-refractivity contribution in [3.63, 3.8) is 0 Å². The molecule has 1 atom stereocenters. The Kier molecular flexibility index (Phi) is 4.10. The number of nitrogens with one attached hydrogen (secondary N) is 1. The molecule has 0 amide bonds. The van der Waals surface area contributed by atoms with E-state index in [2.05, 4.69) is 46.8 Å². The molecule has 0 spiro atoms. The third-order valence-corrected chi connectivity index (χ3v) is 4.42. The summed E-state index contributed by atoms with van der Waals surface area (Å²) < 4.78 is 0. The van der Waals surface area contributed by atoms with Gasteiger partial charge in [-0.15, -0.1) is 11.3 Å². The Morgan fingerprint density at radius 2 is 1.67 bits per heavy atom. The molecule has 0 fully saturated rings. The highest BCUT2D eigenvalue weighted by atomic mass is 32.1. The van der Waals surface area contributed by atoms with E-state index in [0.29, 0.717) is 0 Å². The number of rotatable bonds is 4. The Labute approximate surface area is 128 Å². The van der Waals surface area contributed by atoms with Crippen LogP contribution in [-0.4, -0.2) is 4.98 Å². The summed E-state index contributed by atoms with van der Waals surface area (Å²) in [4.78, 5) is 5.43. The third kappa shape index (κ3) is 3.03. The summed E-state index contributed by atoms with van der Waals surface area (Å²) in [5.74, 6) is 5.72. The summed E-state index contributed by atoms with van der Waals surface area (Å²) in [7, 11) is 0. The van der Waals surface area contributed by atoms with Crippen molar-refractivity contribution in [2.24, 2.45) is 5.84 Å². The molecule has 106 valence electrons. The van der Waals surface area contributed by atoms with E-state index >= 15 is 0 Å². The Morgan fingerprint density at radius 1 is 1.00 bits per heavy atom. The van der Waals surface area contributed by atoms with Gasteiger partial charge in [-0.25, -0.2) is 10.4 Å². The largest absolute Gasteiger partial charge is 0.271 e. The number of aromatic nitrogens is 1. The van der Waals surface area contributed by atoms with Crippen LogP contribution in [-0.2, 0) is 0 Å². The third-order valence-electron chi connectivity index (χ3n) is 3.44. The first-order chi connectivity index (χ1) is 10.3. The summed E-state index contributed by atoms with van der Waals surface area (Å²) in [6, 6.07) is 18.8. The van der Waals surface area contributed by atoms with Gasteiger partial charge in [0.05, 0.1) is 11.0 Å². The maximum absolute atomic E-state index is 5.72. The number of aryl methyl sites for hydroxylation is 1. The minimum atomic E-state index is -0.0129. The summed E-state index contributed by atoms with van der Waals surface area (Å²) in [6.07, 6.45) is 1.88. The zero-order valence-electron chi connectivity index (χ0n) is 11.8. The maximum Gasteiger partial charge on any atom is 0.0897 e. The fourth-order valence-electron chi connectivity index (χ4n) is 2.35. The van der Waals surface area contributed by atoms with Crippen molar-refractivity contribution in [3.05, 3.63) is 76.2 Å². The van der Waals surface area contributed by atoms with Crippen LogP contribution in [0.15, 0.2) is 60.8 Å². The minimum absolute atomic E-state index is 0.0129.